The average molecular weight is 263 g/mol. The number of H-pyrrole nitrogens is 1. The van der Waals surface area contributed by atoms with Gasteiger partial charge in [0.15, 0.2) is 0 Å². The van der Waals surface area contributed by atoms with Crippen LogP contribution in [0.1, 0.15) is 29.8 Å². The Kier molecular flexibility index (Phi) is 3.74. The summed E-state index contributed by atoms with van der Waals surface area (Å²) < 4.78 is 13.1. The molecule has 1 aromatic carbocycles. The van der Waals surface area contributed by atoms with Crippen molar-refractivity contribution in [1.29, 1.82) is 0 Å². The highest BCUT2D eigenvalue weighted by molar-refractivity contribution is 6.03. The molecule has 1 amide bonds. The molecule has 0 saturated carbocycles. The predicted molar refractivity (Wildman–Crippen MR) is 69.1 cm³/mol. The third-order valence-corrected chi connectivity index (χ3v) is 2.49. The number of halogens is 1. The molecule has 1 aromatic heterocycles. The van der Waals surface area contributed by atoms with E-state index in [0.29, 0.717) is 12.2 Å². The van der Waals surface area contributed by atoms with Crippen molar-refractivity contribution in [3.8, 4) is 0 Å². The SMILES string of the molecule is CCCc1nc(C(=O)Nc2cc(F)ccc2N)n[nH]1. The summed E-state index contributed by atoms with van der Waals surface area (Å²) in [4.78, 5) is 15.9. The monoisotopic (exact) mass is 263 g/mol. The Hall–Kier alpha value is -2.44. The number of hydrogen-bond donors (Lipinski definition) is 3. The minimum Gasteiger partial charge on any atom is -0.397 e. The lowest BCUT2D eigenvalue weighted by molar-refractivity contribution is 0.101. The molecule has 0 unspecified atom stereocenters. The molecule has 0 aliphatic rings. The number of aromatic nitrogens is 3. The minimum atomic E-state index is -0.532. The van der Waals surface area contributed by atoms with E-state index in [0.717, 1.165) is 12.5 Å². The summed E-state index contributed by atoms with van der Waals surface area (Å²) in [6.45, 7) is 2.00. The van der Waals surface area contributed by atoms with Crippen LogP contribution in [0.25, 0.3) is 0 Å². The van der Waals surface area contributed by atoms with E-state index in [9.17, 15) is 9.18 Å². The fraction of sp³-hybridized carbons (Fsp3) is 0.250. The van der Waals surface area contributed by atoms with Gasteiger partial charge in [-0.2, -0.15) is 0 Å². The third kappa shape index (κ3) is 3.06. The number of nitrogens with zero attached hydrogens (tertiary/aromatic N) is 2. The van der Waals surface area contributed by atoms with Crippen molar-refractivity contribution in [3.05, 3.63) is 35.7 Å². The van der Waals surface area contributed by atoms with Gasteiger partial charge in [-0.25, -0.2) is 9.37 Å². The molecule has 19 heavy (non-hydrogen) atoms. The maximum Gasteiger partial charge on any atom is 0.295 e. The highest BCUT2D eigenvalue weighted by Crippen LogP contribution is 2.19. The first-order valence-electron chi connectivity index (χ1n) is 5.87. The number of aryl methyl sites for hydroxylation is 1. The van der Waals surface area contributed by atoms with Crippen molar-refractivity contribution in [1.82, 2.24) is 15.2 Å². The van der Waals surface area contributed by atoms with Crippen LogP contribution in [0, 0.1) is 5.82 Å². The molecular formula is C12H14FN5O. The van der Waals surface area contributed by atoms with Crippen LogP contribution in [-0.4, -0.2) is 21.1 Å². The van der Waals surface area contributed by atoms with E-state index in [1.807, 2.05) is 6.92 Å². The van der Waals surface area contributed by atoms with Crippen molar-refractivity contribution in [2.45, 2.75) is 19.8 Å². The Balaban J connectivity index is 2.13. The third-order valence-electron chi connectivity index (χ3n) is 2.49. The van der Waals surface area contributed by atoms with Crippen LogP contribution < -0.4 is 11.1 Å². The Bertz CT molecular complexity index is 596. The quantitative estimate of drug-likeness (QED) is 0.732. The summed E-state index contributed by atoms with van der Waals surface area (Å²) >= 11 is 0. The predicted octanol–water partition coefficient (Wildman–Crippen LogP) is 1.73. The number of nitrogen functional groups attached to an aromatic ring is 1. The van der Waals surface area contributed by atoms with Gasteiger partial charge in [0.2, 0.25) is 5.82 Å². The van der Waals surface area contributed by atoms with Crippen LogP contribution in [0.3, 0.4) is 0 Å². The van der Waals surface area contributed by atoms with Crippen LogP contribution in [0.4, 0.5) is 15.8 Å². The number of nitrogens with two attached hydrogens (primary N) is 1. The van der Waals surface area contributed by atoms with Crippen molar-refractivity contribution in [3.63, 3.8) is 0 Å². The number of carbonyl (C=O) groups excluding carboxylic acids is 1. The Morgan fingerprint density at radius 1 is 1.53 bits per heavy atom. The fourth-order valence-corrected chi connectivity index (χ4v) is 1.56. The number of aromatic amines is 1. The molecule has 0 saturated heterocycles. The first-order valence-corrected chi connectivity index (χ1v) is 5.87. The Morgan fingerprint density at radius 3 is 3.05 bits per heavy atom. The van der Waals surface area contributed by atoms with Crippen molar-refractivity contribution >= 4 is 17.3 Å². The molecule has 0 radical (unpaired) electrons. The van der Waals surface area contributed by atoms with Gasteiger partial charge in [-0.05, 0) is 24.6 Å². The van der Waals surface area contributed by atoms with E-state index in [4.69, 9.17) is 5.73 Å². The molecule has 6 nitrogen and oxygen atoms in total. The second-order valence-electron chi connectivity index (χ2n) is 4.04. The van der Waals surface area contributed by atoms with E-state index < -0.39 is 11.7 Å². The highest BCUT2D eigenvalue weighted by atomic mass is 19.1. The number of anilines is 2. The molecule has 0 atom stereocenters. The Morgan fingerprint density at radius 2 is 2.32 bits per heavy atom. The van der Waals surface area contributed by atoms with Crippen LogP contribution >= 0.6 is 0 Å². The maximum absolute atomic E-state index is 13.1. The van der Waals surface area contributed by atoms with Gasteiger partial charge in [-0.1, -0.05) is 6.92 Å². The van der Waals surface area contributed by atoms with E-state index in [2.05, 4.69) is 20.5 Å². The van der Waals surface area contributed by atoms with E-state index >= 15 is 0 Å². The largest absolute Gasteiger partial charge is 0.397 e. The van der Waals surface area contributed by atoms with E-state index in [1.54, 1.807) is 0 Å². The van der Waals surface area contributed by atoms with Crippen LogP contribution in [-0.2, 0) is 6.42 Å². The number of amides is 1. The first kappa shape index (κ1) is 13.0. The normalized spacial score (nSPS) is 10.4. The molecule has 1 heterocycles. The fourth-order valence-electron chi connectivity index (χ4n) is 1.56. The summed E-state index contributed by atoms with van der Waals surface area (Å²) in [5, 5.41) is 8.95. The average Bonchev–Trinajstić information content (AvgIpc) is 2.83. The van der Waals surface area contributed by atoms with E-state index in [1.165, 1.54) is 12.1 Å². The van der Waals surface area contributed by atoms with Crippen molar-refractivity contribution in [2.24, 2.45) is 0 Å². The van der Waals surface area contributed by atoms with Gasteiger partial charge in [-0.15, -0.1) is 5.10 Å². The molecule has 2 rings (SSSR count). The summed E-state index contributed by atoms with van der Waals surface area (Å²) in [5.74, 6) is -0.367. The highest BCUT2D eigenvalue weighted by Gasteiger charge is 2.14. The van der Waals surface area contributed by atoms with Gasteiger partial charge >= 0.3 is 0 Å². The lowest BCUT2D eigenvalue weighted by Gasteiger charge is -2.05. The summed E-state index contributed by atoms with van der Waals surface area (Å²) in [6, 6.07) is 3.75. The second kappa shape index (κ2) is 5.47. The van der Waals surface area contributed by atoms with Crippen molar-refractivity contribution < 1.29 is 9.18 Å². The number of hydrogen-bond acceptors (Lipinski definition) is 4. The molecule has 0 aliphatic heterocycles. The second-order valence-corrected chi connectivity index (χ2v) is 4.04. The molecule has 0 fully saturated rings. The van der Waals surface area contributed by atoms with Gasteiger partial charge in [0.25, 0.3) is 5.91 Å². The van der Waals surface area contributed by atoms with Crippen LogP contribution in [0.2, 0.25) is 0 Å². The summed E-state index contributed by atoms with van der Waals surface area (Å²) in [7, 11) is 0. The molecular weight excluding hydrogens is 249 g/mol. The lowest BCUT2D eigenvalue weighted by Crippen LogP contribution is -2.15. The number of carbonyl (C=O) groups is 1. The zero-order valence-corrected chi connectivity index (χ0v) is 10.4. The van der Waals surface area contributed by atoms with Gasteiger partial charge in [0, 0.05) is 6.42 Å². The zero-order valence-electron chi connectivity index (χ0n) is 10.4. The molecule has 4 N–H and O–H groups in total. The van der Waals surface area contributed by atoms with E-state index in [-0.39, 0.29) is 17.2 Å². The summed E-state index contributed by atoms with van der Waals surface area (Å²) in [5.41, 5.74) is 6.12. The molecule has 100 valence electrons. The number of rotatable bonds is 4. The van der Waals surface area contributed by atoms with Gasteiger partial charge < -0.3 is 11.1 Å². The maximum atomic E-state index is 13.1. The minimum absolute atomic E-state index is 0.00658. The van der Waals surface area contributed by atoms with Crippen LogP contribution in [0.5, 0.6) is 0 Å². The number of nitrogens with one attached hydrogen (secondary N) is 2. The number of benzene rings is 1. The first-order chi connectivity index (χ1) is 9.10. The van der Waals surface area contributed by atoms with Gasteiger partial charge in [-0.3, -0.25) is 9.89 Å². The zero-order chi connectivity index (χ0) is 13.8. The topological polar surface area (TPSA) is 96.7 Å². The van der Waals surface area contributed by atoms with Crippen molar-refractivity contribution in [2.75, 3.05) is 11.1 Å². The molecule has 0 spiro atoms. The van der Waals surface area contributed by atoms with Crippen LogP contribution in [0.15, 0.2) is 18.2 Å². The molecule has 0 aliphatic carbocycles. The molecule has 7 heteroatoms. The lowest BCUT2D eigenvalue weighted by atomic mass is 10.2. The molecule has 2 aromatic rings. The Labute approximate surface area is 109 Å². The standard InChI is InChI=1S/C12H14FN5O/c1-2-3-10-16-11(18-17-10)12(19)15-9-6-7(13)4-5-8(9)14/h4-6H,2-3,14H2,1H3,(H,15,19)(H,16,17,18). The summed E-state index contributed by atoms with van der Waals surface area (Å²) in [6.07, 6.45) is 1.61. The van der Waals surface area contributed by atoms with Gasteiger partial charge in [0.1, 0.15) is 11.6 Å². The molecule has 0 bridgehead atoms. The van der Waals surface area contributed by atoms with Gasteiger partial charge in [0.05, 0.1) is 11.4 Å². The smallest absolute Gasteiger partial charge is 0.295 e.